The summed E-state index contributed by atoms with van der Waals surface area (Å²) in [4.78, 5) is 0. The Morgan fingerprint density at radius 3 is 2.50 bits per heavy atom. The molecule has 26 heavy (non-hydrogen) atoms. The Balaban J connectivity index is 1.89. The van der Waals surface area contributed by atoms with Crippen LogP contribution in [-0.4, -0.2) is 35.7 Å². The maximum Gasteiger partial charge on any atom is 0.230 e. The molecule has 1 aromatic carbocycles. The van der Waals surface area contributed by atoms with E-state index in [0.29, 0.717) is 4.48 Å². The molecule has 1 heterocycles. The number of ether oxygens (including phenoxy) is 1. The molecule has 0 aliphatic heterocycles. The van der Waals surface area contributed by atoms with Crippen molar-refractivity contribution in [3.63, 3.8) is 0 Å². The molecule has 1 unspecified atom stereocenters. The fraction of sp³-hybridized carbons (Fsp3) is 0.409. The zero-order valence-corrected chi connectivity index (χ0v) is 17.5. The van der Waals surface area contributed by atoms with Crippen molar-refractivity contribution in [1.82, 2.24) is 4.37 Å². The highest BCUT2D eigenvalue weighted by Crippen LogP contribution is 2.23. The van der Waals surface area contributed by atoms with Gasteiger partial charge in [-0.3, -0.25) is 4.48 Å². The molecule has 0 amide bonds. The molecule has 0 fully saturated rings. The number of likely N-dealkylation sites (N-methyl/N-ethyl adjacent to an activating group) is 1. The van der Waals surface area contributed by atoms with Gasteiger partial charge in [-0.1, -0.05) is 37.4 Å². The number of benzene rings is 1. The molecular weight excluding hydrogens is 340 g/mol. The van der Waals surface area contributed by atoms with Gasteiger partial charge in [0.1, 0.15) is 6.54 Å². The van der Waals surface area contributed by atoms with Crippen LogP contribution in [0.1, 0.15) is 35.7 Å². The Morgan fingerprint density at radius 1 is 1.19 bits per heavy atom. The lowest BCUT2D eigenvalue weighted by atomic mass is 10.0. The number of quaternary nitrogens is 1. The van der Waals surface area contributed by atoms with E-state index in [1.807, 2.05) is 0 Å². The van der Waals surface area contributed by atoms with Crippen molar-refractivity contribution in [3.8, 4) is 0 Å². The van der Waals surface area contributed by atoms with Gasteiger partial charge in [-0.2, -0.15) is 4.37 Å². The summed E-state index contributed by atoms with van der Waals surface area (Å²) < 4.78 is 11.3. The van der Waals surface area contributed by atoms with Crippen molar-refractivity contribution >= 4 is 17.1 Å². The highest BCUT2D eigenvalue weighted by Gasteiger charge is 2.28. The minimum Gasteiger partial charge on any atom is -0.448 e. The Hall–Kier alpha value is -1.91. The topological polar surface area (TPSA) is 22.1 Å². The van der Waals surface area contributed by atoms with E-state index in [0.717, 1.165) is 36.4 Å². The van der Waals surface area contributed by atoms with E-state index >= 15 is 0 Å². The Bertz CT molecular complexity index is 776. The van der Waals surface area contributed by atoms with Crippen molar-refractivity contribution in [2.24, 2.45) is 0 Å². The molecule has 1 aromatic heterocycles. The van der Waals surface area contributed by atoms with Crippen molar-refractivity contribution in [3.05, 3.63) is 70.9 Å². The molecular formula is C22H31N2OS+. The normalized spacial score (nSPS) is 12.7. The maximum absolute atomic E-state index is 6.14. The molecule has 0 aliphatic carbocycles. The number of aromatic nitrogens is 1. The minimum absolute atomic E-state index is 0.00457. The zero-order valence-electron chi connectivity index (χ0n) is 16.7. The predicted octanol–water partition coefficient (Wildman–Crippen LogP) is 5.36. The molecule has 0 saturated carbocycles. The molecule has 0 saturated heterocycles. The van der Waals surface area contributed by atoms with Gasteiger partial charge in [0.2, 0.25) is 6.23 Å². The summed E-state index contributed by atoms with van der Waals surface area (Å²) in [5.74, 6) is 0.836. The fourth-order valence-corrected chi connectivity index (χ4v) is 3.63. The van der Waals surface area contributed by atoms with Gasteiger partial charge in [-0.15, -0.1) is 0 Å². The molecule has 3 nitrogen and oxygen atoms in total. The van der Waals surface area contributed by atoms with Crippen LogP contribution in [0.25, 0.3) is 5.57 Å². The molecule has 2 aromatic rings. The lowest BCUT2D eigenvalue weighted by Gasteiger charge is -2.36. The zero-order chi connectivity index (χ0) is 19.3. The van der Waals surface area contributed by atoms with Crippen LogP contribution in [0.3, 0.4) is 0 Å². The van der Waals surface area contributed by atoms with Gasteiger partial charge in [0.15, 0.2) is 0 Å². The van der Waals surface area contributed by atoms with E-state index in [1.165, 1.54) is 28.2 Å². The molecule has 0 aliphatic rings. The summed E-state index contributed by atoms with van der Waals surface area (Å²) in [7, 11) is 4.32. The van der Waals surface area contributed by atoms with Gasteiger partial charge >= 0.3 is 0 Å². The van der Waals surface area contributed by atoms with Crippen LogP contribution in [-0.2, 0) is 11.2 Å². The molecule has 0 bridgehead atoms. The highest BCUT2D eigenvalue weighted by atomic mass is 32.1. The summed E-state index contributed by atoms with van der Waals surface area (Å²) in [6.45, 7) is 15.5. The first-order valence-corrected chi connectivity index (χ1v) is 9.85. The average molecular weight is 372 g/mol. The maximum atomic E-state index is 6.14. The van der Waals surface area contributed by atoms with Crippen LogP contribution in [0.2, 0.25) is 0 Å². The summed E-state index contributed by atoms with van der Waals surface area (Å²) in [5, 5.41) is 2.06. The summed E-state index contributed by atoms with van der Waals surface area (Å²) in [5.41, 5.74) is 5.93. The van der Waals surface area contributed by atoms with Crippen LogP contribution in [0.5, 0.6) is 0 Å². The van der Waals surface area contributed by atoms with Crippen LogP contribution < -0.4 is 0 Å². The first-order valence-electron chi connectivity index (χ1n) is 9.01. The van der Waals surface area contributed by atoms with E-state index in [-0.39, 0.29) is 6.23 Å². The van der Waals surface area contributed by atoms with Gasteiger partial charge in [0, 0.05) is 24.3 Å². The van der Waals surface area contributed by atoms with E-state index in [4.69, 9.17) is 4.74 Å². The number of allylic oxidation sites excluding steroid dienone is 1. The lowest BCUT2D eigenvalue weighted by Crippen LogP contribution is -2.49. The number of rotatable bonds is 9. The molecule has 2 rings (SSSR count). The van der Waals surface area contributed by atoms with Crippen molar-refractivity contribution in [2.75, 3.05) is 20.6 Å². The van der Waals surface area contributed by atoms with Crippen LogP contribution in [0.4, 0.5) is 0 Å². The van der Waals surface area contributed by atoms with Gasteiger partial charge in [0.25, 0.3) is 0 Å². The first kappa shape index (κ1) is 20.4. The third-order valence-corrected chi connectivity index (χ3v) is 5.68. The first-order chi connectivity index (χ1) is 12.2. The number of hydrogen-bond acceptors (Lipinski definition) is 3. The third kappa shape index (κ3) is 5.29. The standard InChI is InChI=1S/C22H31N2OS/c1-16-10-8-9-11-21(16)13-12-19(4)25-20(5)24(6,7)14-17(2)22-18(3)15-26-23-22/h8-11,15,20H,2,4,12-14H2,1,3,5-7H3/q+1. The third-order valence-electron chi connectivity index (χ3n) is 4.94. The summed E-state index contributed by atoms with van der Waals surface area (Å²) in [6.07, 6.45) is 1.78. The van der Waals surface area contributed by atoms with Crippen LogP contribution in [0, 0.1) is 13.8 Å². The average Bonchev–Trinajstić information content (AvgIpc) is 3.00. The van der Waals surface area contributed by atoms with E-state index in [2.05, 4.69) is 82.0 Å². The predicted molar refractivity (Wildman–Crippen MR) is 112 cm³/mol. The van der Waals surface area contributed by atoms with E-state index < -0.39 is 0 Å². The quantitative estimate of drug-likeness (QED) is 0.336. The van der Waals surface area contributed by atoms with Crippen molar-refractivity contribution in [1.29, 1.82) is 0 Å². The highest BCUT2D eigenvalue weighted by molar-refractivity contribution is 7.03. The Morgan fingerprint density at radius 2 is 1.88 bits per heavy atom. The summed E-state index contributed by atoms with van der Waals surface area (Å²) >= 11 is 1.48. The van der Waals surface area contributed by atoms with E-state index in [1.54, 1.807) is 0 Å². The molecule has 1 atom stereocenters. The van der Waals surface area contributed by atoms with Crippen LogP contribution >= 0.6 is 11.5 Å². The molecule has 4 heteroatoms. The van der Waals surface area contributed by atoms with Crippen molar-refractivity contribution < 1.29 is 9.22 Å². The number of aryl methyl sites for hydroxylation is 3. The second-order valence-electron chi connectivity index (χ2n) is 7.57. The van der Waals surface area contributed by atoms with E-state index in [9.17, 15) is 0 Å². The molecule has 140 valence electrons. The van der Waals surface area contributed by atoms with Gasteiger partial charge in [-0.05, 0) is 48.5 Å². The lowest BCUT2D eigenvalue weighted by molar-refractivity contribution is -0.927. The molecule has 0 spiro atoms. The SMILES string of the molecule is C=C(CCc1ccccc1C)OC(C)[N+](C)(C)CC(=C)c1nscc1C. The van der Waals surface area contributed by atoms with Crippen LogP contribution in [0.15, 0.2) is 48.6 Å². The largest absolute Gasteiger partial charge is 0.448 e. The Labute approximate surface area is 162 Å². The molecule has 0 radical (unpaired) electrons. The van der Waals surface area contributed by atoms with Gasteiger partial charge in [0.05, 0.1) is 25.5 Å². The molecule has 0 N–H and O–H groups in total. The second kappa shape index (κ2) is 8.65. The summed E-state index contributed by atoms with van der Waals surface area (Å²) in [6, 6.07) is 8.48. The van der Waals surface area contributed by atoms with Gasteiger partial charge in [-0.25, -0.2) is 0 Å². The minimum atomic E-state index is -0.00457. The monoisotopic (exact) mass is 371 g/mol. The smallest absolute Gasteiger partial charge is 0.230 e. The number of nitrogens with zero attached hydrogens (tertiary/aromatic N) is 2. The fourth-order valence-electron chi connectivity index (χ4n) is 2.93. The second-order valence-corrected chi connectivity index (χ2v) is 8.20. The Kier molecular flexibility index (Phi) is 6.79. The number of hydrogen-bond donors (Lipinski definition) is 0. The van der Waals surface area contributed by atoms with Crippen molar-refractivity contribution in [2.45, 2.75) is 39.8 Å². The van der Waals surface area contributed by atoms with Gasteiger partial charge < -0.3 is 4.74 Å².